The maximum absolute atomic E-state index is 5.23. The average molecular weight is 626 g/mol. The molecule has 3 heteroatoms. The first-order chi connectivity index (χ1) is 24.1. The molecule has 0 radical (unpaired) electrons. The standard InChI is InChI=1S/C46H31N3/c1-46(2)40-13-7-5-11-36(40)45-44(46)43(37-12-6-8-14-41(37)49-45)29-17-15-28(16-18-29)30-19-21-34-35-22-20-31(42-27-47-23-24-48-42)26-39(35)33-10-4-3-9-32(33)38(34)25-30/h3-27H,1-2H3. The topological polar surface area (TPSA) is 38.7 Å². The molecule has 2 heterocycles. The minimum absolute atomic E-state index is 0.158. The molecule has 49 heavy (non-hydrogen) atoms. The lowest BCUT2D eigenvalue weighted by atomic mass is 9.78. The minimum Gasteiger partial charge on any atom is -0.261 e. The highest BCUT2D eigenvalue weighted by Crippen LogP contribution is 2.53. The number of rotatable bonds is 3. The SMILES string of the molecule is CC1(C)c2ccccc2-c2nc3ccccc3c(-c3ccc(-c4ccc5c6ccc(-c7cnccn7)cc6c6ccccc6c5c4)cc3)c21. The predicted molar refractivity (Wildman–Crippen MR) is 204 cm³/mol. The summed E-state index contributed by atoms with van der Waals surface area (Å²) < 4.78 is 0. The van der Waals surface area contributed by atoms with Crippen molar-refractivity contribution >= 4 is 43.2 Å². The number of benzene rings is 7. The van der Waals surface area contributed by atoms with Crippen molar-refractivity contribution < 1.29 is 0 Å². The molecular weight excluding hydrogens is 595 g/mol. The van der Waals surface area contributed by atoms with Gasteiger partial charge in [0.2, 0.25) is 0 Å². The van der Waals surface area contributed by atoms with Gasteiger partial charge in [-0.1, -0.05) is 129 Å². The van der Waals surface area contributed by atoms with Crippen LogP contribution in [-0.4, -0.2) is 15.0 Å². The number of nitrogens with zero attached hydrogens (tertiary/aromatic N) is 3. The molecular formula is C46H31N3. The van der Waals surface area contributed by atoms with Gasteiger partial charge in [0.1, 0.15) is 0 Å². The van der Waals surface area contributed by atoms with Gasteiger partial charge in [0, 0.05) is 34.3 Å². The second kappa shape index (κ2) is 10.4. The zero-order chi connectivity index (χ0) is 32.7. The molecule has 0 unspecified atom stereocenters. The number of pyridine rings is 1. The molecule has 3 nitrogen and oxygen atoms in total. The van der Waals surface area contributed by atoms with Crippen molar-refractivity contribution in [2.45, 2.75) is 19.3 Å². The van der Waals surface area contributed by atoms with E-state index in [-0.39, 0.29) is 5.41 Å². The fourth-order valence-electron chi connectivity index (χ4n) is 8.26. The van der Waals surface area contributed by atoms with Gasteiger partial charge >= 0.3 is 0 Å². The van der Waals surface area contributed by atoms with E-state index in [1.54, 1.807) is 12.4 Å². The van der Waals surface area contributed by atoms with E-state index < -0.39 is 0 Å². The van der Waals surface area contributed by atoms with Crippen molar-refractivity contribution in [3.05, 3.63) is 163 Å². The molecule has 0 fully saturated rings. The first-order valence-electron chi connectivity index (χ1n) is 16.8. The summed E-state index contributed by atoms with van der Waals surface area (Å²) in [7, 11) is 0. The molecule has 0 saturated carbocycles. The molecule has 2 aromatic heterocycles. The van der Waals surface area contributed by atoms with Crippen molar-refractivity contribution in [2.75, 3.05) is 0 Å². The third-order valence-corrected chi connectivity index (χ3v) is 10.6. The van der Waals surface area contributed by atoms with Crippen LogP contribution in [0.3, 0.4) is 0 Å². The minimum atomic E-state index is -0.158. The highest BCUT2D eigenvalue weighted by molar-refractivity contribution is 6.26. The Morgan fingerprint density at radius 1 is 0.490 bits per heavy atom. The number of fused-ring (bicyclic) bond motifs is 10. The Labute approximate surface area is 284 Å². The van der Waals surface area contributed by atoms with Crippen LogP contribution in [0.15, 0.2) is 152 Å². The zero-order valence-corrected chi connectivity index (χ0v) is 27.3. The van der Waals surface area contributed by atoms with Gasteiger partial charge in [-0.15, -0.1) is 0 Å². The van der Waals surface area contributed by atoms with Gasteiger partial charge in [-0.25, -0.2) is 4.98 Å². The van der Waals surface area contributed by atoms with Crippen LogP contribution in [0.25, 0.3) is 88.0 Å². The number of para-hydroxylation sites is 1. The second-order valence-corrected chi connectivity index (χ2v) is 13.6. The zero-order valence-electron chi connectivity index (χ0n) is 27.3. The van der Waals surface area contributed by atoms with E-state index in [1.807, 2.05) is 6.20 Å². The summed E-state index contributed by atoms with van der Waals surface area (Å²) in [6, 6.07) is 48.8. The predicted octanol–water partition coefficient (Wildman–Crippen LogP) is 11.8. The Hall–Kier alpha value is -6.19. The Morgan fingerprint density at radius 3 is 1.82 bits per heavy atom. The molecule has 0 bridgehead atoms. The van der Waals surface area contributed by atoms with Crippen LogP contribution in [0, 0.1) is 0 Å². The maximum Gasteiger partial charge on any atom is 0.0885 e. The monoisotopic (exact) mass is 625 g/mol. The number of hydrogen-bond acceptors (Lipinski definition) is 3. The van der Waals surface area contributed by atoms with Crippen LogP contribution in [-0.2, 0) is 5.41 Å². The van der Waals surface area contributed by atoms with E-state index in [0.29, 0.717) is 0 Å². The van der Waals surface area contributed by atoms with Gasteiger partial charge in [0.05, 0.1) is 23.1 Å². The van der Waals surface area contributed by atoms with Gasteiger partial charge in [0.25, 0.3) is 0 Å². The maximum atomic E-state index is 5.23. The van der Waals surface area contributed by atoms with Gasteiger partial charge in [-0.05, 0) is 83.9 Å². The lowest BCUT2D eigenvalue weighted by Crippen LogP contribution is -2.16. The number of aromatic nitrogens is 3. The average Bonchev–Trinajstić information content (AvgIpc) is 3.39. The molecule has 230 valence electrons. The smallest absolute Gasteiger partial charge is 0.0885 e. The van der Waals surface area contributed by atoms with Crippen molar-refractivity contribution in [3.63, 3.8) is 0 Å². The molecule has 0 amide bonds. The first-order valence-corrected chi connectivity index (χ1v) is 16.8. The van der Waals surface area contributed by atoms with E-state index in [2.05, 4.69) is 157 Å². The van der Waals surface area contributed by atoms with Crippen LogP contribution in [0.1, 0.15) is 25.0 Å². The molecule has 10 rings (SSSR count). The van der Waals surface area contributed by atoms with Crippen LogP contribution >= 0.6 is 0 Å². The Bertz CT molecular complexity index is 2760. The van der Waals surface area contributed by atoms with Crippen molar-refractivity contribution in [3.8, 4) is 44.8 Å². The lowest BCUT2D eigenvalue weighted by molar-refractivity contribution is 0.662. The summed E-state index contributed by atoms with van der Waals surface area (Å²) in [5.74, 6) is 0. The summed E-state index contributed by atoms with van der Waals surface area (Å²) in [6.45, 7) is 4.68. The Kier molecular flexibility index (Phi) is 5.92. The molecule has 0 aliphatic heterocycles. The fraction of sp³-hybridized carbons (Fsp3) is 0.0652. The summed E-state index contributed by atoms with van der Waals surface area (Å²) in [5, 5.41) is 8.66. The molecule has 7 aromatic carbocycles. The first kappa shape index (κ1) is 27.9. The second-order valence-electron chi connectivity index (χ2n) is 13.6. The van der Waals surface area contributed by atoms with Gasteiger partial charge in [0.15, 0.2) is 0 Å². The van der Waals surface area contributed by atoms with E-state index in [0.717, 1.165) is 22.5 Å². The molecule has 1 aliphatic carbocycles. The van der Waals surface area contributed by atoms with Gasteiger partial charge in [-0.3, -0.25) is 9.97 Å². The third-order valence-electron chi connectivity index (χ3n) is 10.6. The summed E-state index contributed by atoms with van der Waals surface area (Å²) in [4.78, 5) is 14.1. The Balaban J connectivity index is 1.12. The van der Waals surface area contributed by atoms with Crippen LogP contribution < -0.4 is 0 Å². The highest BCUT2D eigenvalue weighted by Gasteiger charge is 2.39. The van der Waals surface area contributed by atoms with Crippen LogP contribution in [0.4, 0.5) is 0 Å². The molecule has 0 spiro atoms. The molecule has 0 atom stereocenters. The van der Waals surface area contributed by atoms with E-state index >= 15 is 0 Å². The van der Waals surface area contributed by atoms with E-state index in [4.69, 9.17) is 4.98 Å². The summed E-state index contributed by atoms with van der Waals surface area (Å²) >= 11 is 0. The van der Waals surface area contributed by atoms with E-state index in [1.165, 1.54) is 76.6 Å². The van der Waals surface area contributed by atoms with Gasteiger partial charge < -0.3 is 0 Å². The quantitative estimate of drug-likeness (QED) is 0.183. The Morgan fingerprint density at radius 2 is 1.08 bits per heavy atom. The largest absolute Gasteiger partial charge is 0.261 e. The van der Waals surface area contributed by atoms with Crippen LogP contribution in [0.2, 0.25) is 0 Å². The molecule has 9 aromatic rings. The van der Waals surface area contributed by atoms with Crippen molar-refractivity contribution in [2.24, 2.45) is 0 Å². The normalized spacial score (nSPS) is 13.3. The fourth-order valence-corrected chi connectivity index (χ4v) is 8.26. The third kappa shape index (κ3) is 4.12. The van der Waals surface area contributed by atoms with E-state index in [9.17, 15) is 0 Å². The molecule has 0 saturated heterocycles. The molecule has 0 N–H and O–H groups in total. The highest BCUT2D eigenvalue weighted by atomic mass is 14.8. The summed E-state index contributed by atoms with van der Waals surface area (Å²) in [6.07, 6.45) is 5.29. The lowest BCUT2D eigenvalue weighted by Gasteiger charge is -2.25. The molecule has 1 aliphatic rings. The van der Waals surface area contributed by atoms with Crippen molar-refractivity contribution in [1.29, 1.82) is 0 Å². The van der Waals surface area contributed by atoms with Crippen molar-refractivity contribution in [1.82, 2.24) is 15.0 Å². The van der Waals surface area contributed by atoms with Gasteiger partial charge in [-0.2, -0.15) is 0 Å². The number of hydrogen-bond donors (Lipinski definition) is 0. The summed E-state index contributed by atoms with van der Waals surface area (Å²) in [5.41, 5.74) is 12.7. The van der Waals surface area contributed by atoms with Crippen LogP contribution in [0.5, 0.6) is 0 Å².